The van der Waals surface area contributed by atoms with Crippen molar-refractivity contribution >= 4 is 34.9 Å². The first-order chi connectivity index (χ1) is 16.0. The number of pyridine rings is 1. The number of hydrogen-bond donors (Lipinski definition) is 0. The van der Waals surface area contributed by atoms with Crippen LogP contribution in [0.3, 0.4) is 0 Å². The maximum absolute atomic E-state index is 13.2. The first-order valence-electron chi connectivity index (χ1n) is 11.1. The quantitative estimate of drug-likeness (QED) is 0.405. The molecule has 0 bridgehead atoms. The van der Waals surface area contributed by atoms with Gasteiger partial charge in [-0.15, -0.1) is 0 Å². The second-order valence-corrected chi connectivity index (χ2v) is 8.94. The van der Waals surface area contributed by atoms with E-state index in [9.17, 15) is 4.79 Å². The van der Waals surface area contributed by atoms with Gasteiger partial charge in [0.2, 0.25) is 0 Å². The van der Waals surface area contributed by atoms with Crippen molar-refractivity contribution < 1.29 is 14.3 Å². The largest absolute Gasteiger partial charge is 0.462 e. The minimum absolute atomic E-state index is 0.115. The number of rotatable bonds is 8. The number of ether oxygens (including phenoxy) is 2. The Morgan fingerprint density at radius 3 is 2.61 bits per heavy atom. The van der Waals surface area contributed by atoms with Crippen LogP contribution in [0.5, 0.6) is 5.75 Å². The van der Waals surface area contributed by atoms with Gasteiger partial charge in [0, 0.05) is 44.9 Å². The monoisotopic (exact) mass is 490 g/mol. The van der Waals surface area contributed by atoms with Crippen LogP contribution in [-0.2, 0) is 4.74 Å². The van der Waals surface area contributed by atoms with Gasteiger partial charge in [-0.05, 0) is 49.7 Å². The van der Waals surface area contributed by atoms with E-state index in [0.29, 0.717) is 40.3 Å². The van der Waals surface area contributed by atoms with Gasteiger partial charge in [0.1, 0.15) is 23.0 Å². The highest BCUT2D eigenvalue weighted by Gasteiger charge is 2.26. The molecule has 9 heteroatoms. The van der Waals surface area contributed by atoms with E-state index in [0.717, 1.165) is 51.4 Å². The molecule has 2 aromatic rings. The van der Waals surface area contributed by atoms with Crippen LogP contribution in [0.25, 0.3) is 0 Å². The molecule has 0 saturated carbocycles. The molecule has 1 fully saturated rings. The van der Waals surface area contributed by atoms with E-state index < -0.39 is 0 Å². The fraction of sp³-hybridized carbons (Fsp3) is 0.417. The molecule has 4 rings (SSSR count). The third kappa shape index (κ3) is 5.98. The number of anilines is 1. The zero-order valence-corrected chi connectivity index (χ0v) is 20.2. The highest BCUT2D eigenvalue weighted by atomic mass is 35.5. The molecule has 3 heterocycles. The molecular weight excluding hydrogens is 463 g/mol. The molecule has 2 aliphatic heterocycles. The van der Waals surface area contributed by atoms with Gasteiger partial charge in [-0.1, -0.05) is 29.3 Å². The summed E-state index contributed by atoms with van der Waals surface area (Å²) in [6.07, 6.45) is 3.46. The van der Waals surface area contributed by atoms with Crippen molar-refractivity contribution in [3.05, 3.63) is 64.1 Å². The van der Waals surface area contributed by atoms with Crippen LogP contribution >= 0.6 is 23.2 Å². The Morgan fingerprint density at radius 1 is 1.06 bits per heavy atom. The third-order valence-electron chi connectivity index (χ3n) is 5.88. The summed E-state index contributed by atoms with van der Waals surface area (Å²) in [6, 6.07) is 10.8. The van der Waals surface area contributed by atoms with Crippen molar-refractivity contribution in [1.82, 2.24) is 14.8 Å². The summed E-state index contributed by atoms with van der Waals surface area (Å²) in [6.45, 7) is 5.68. The van der Waals surface area contributed by atoms with Gasteiger partial charge >= 0.3 is 0 Å². The Labute approximate surface area is 204 Å². The number of carbonyl (C=O) groups is 1. The van der Waals surface area contributed by atoms with Gasteiger partial charge in [-0.3, -0.25) is 9.69 Å². The summed E-state index contributed by atoms with van der Waals surface area (Å²) in [4.78, 5) is 24.1. The molecule has 0 N–H and O–H groups in total. The molecule has 0 unspecified atom stereocenters. The van der Waals surface area contributed by atoms with Gasteiger partial charge in [-0.2, -0.15) is 0 Å². The molecule has 7 nitrogen and oxygen atoms in total. The molecule has 0 atom stereocenters. The number of carbonyl (C=O) groups excluding carboxylic acids is 1. The molecule has 176 valence electrons. The van der Waals surface area contributed by atoms with Crippen LogP contribution in [-0.4, -0.2) is 73.7 Å². The molecule has 1 saturated heterocycles. The topological polar surface area (TPSA) is 58.1 Å². The number of amides is 1. The smallest absolute Gasteiger partial charge is 0.262 e. The van der Waals surface area contributed by atoms with E-state index in [1.807, 2.05) is 12.1 Å². The lowest BCUT2D eigenvalue weighted by molar-refractivity contribution is 0.0771. The molecule has 1 aromatic carbocycles. The van der Waals surface area contributed by atoms with E-state index in [1.165, 1.54) is 0 Å². The molecule has 33 heavy (non-hydrogen) atoms. The molecule has 1 aromatic heterocycles. The molecule has 0 spiro atoms. The summed E-state index contributed by atoms with van der Waals surface area (Å²) in [5.74, 6) is 1.32. The number of nitrogens with zero attached hydrogens (tertiary/aromatic N) is 4. The number of methoxy groups -OCH3 is 1. The minimum Gasteiger partial charge on any atom is -0.462 e. The third-order valence-corrected chi connectivity index (χ3v) is 6.33. The molecule has 0 radical (unpaired) electrons. The number of aromatic nitrogens is 1. The highest BCUT2D eigenvalue weighted by molar-refractivity contribution is 6.31. The molecule has 2 aliphatic rings. The SMILES string of the molecule is COCC1=COc2ccc(Cl)cc2C(=O)N1CCCCN1CCN(c2cccc(Cl)n2)CC1. The fourth-order valence-electron chi connectivity index (χ4n) is 4.13. The summed E-state index contributed by atoms with van der Waals surface area (Å²) < 4.78 is 11.0. The Kier molecular flexibility index (Phi) is 8.09. The summed E-state index contributed by atoms with van der Waals surface area (Å²) in [7, 11) is 1.61. The van der Waals surface area contributed by atoms with E-state index in [-0.39, 0.29) is 5.91 Å². The molecule has 0 aliphatic carbocycles. The lowest BCUT2D eigenvalue weighted by Gasteiger charge is -2.35. The fourth-order valence-corrected chi connectivity index (χ4v) is 4.46. The van der Waals surface area contributed by atoms with Crippen LogP contribution in [0.1, 0.15) is 23.2 Å². The maximum Gasteiger partial charge on any atom is 0.262 e. The lowest BCUT2D eigenvalue weighted by atomic mass is 10.1. The molecule has 1 amide bonds. The van der Waals surface area contributed by atoms with Crippen LogP contribution in [0.4, 0.5) is 5.82 Å². The van der Waals surface area contributed by atoms with Crippen molar-refractivity contribution in [3.63, 3.8) is 0 Å². The Balaban J connectivity index is 1.29. The normalized spacial score (nSPS) is 16.8. The highest BCUT2D eigenvalue weighted by Crippen LogP contribution is 2.29. The van der Waals surface area contributed by atoms with Crippen molar-refractivity contribution in [2.45, 2.75) is 12.8 Å². The van der Waals surface area contributed by atoms with Crippen molar-refractivity contribution in [1.29, 1.82) is 0 Å². The van der Waals surface area contributed by atoms with Gasteiger partial charge in [0.25, 0.3) is 5.91 Å². The predicted octanol–water partition coefficient (Wildman–Crippen LogP) is 4.31. The summed E-state index contributed by atoms with van der Waals surface area (Å²) in [5, 5.41) is 1.03. The van der Waals surface area contributed by atoms with Gasteiger partial charge in [0.15, 0.2) is 0 Å². The average molecular weight is 491 g/mol. The van der Waals surface area contributed by atoms with Crippen molar-refractivity contribution in [2.75, 3.05) is 57.9 Å². The zero-order valence-electron chi connectivity index (χ0n) is 18.7. The Bertz CT molecular complexity index is 1010. The first-order valence-corrected chi connectivity index (χ1v) is 11.9. The van der Waals surface area contributed by atoms with Crippen LogP contribution in [0.15, 0.2) is 48.4 Å². The van der Waals surface area contributed by atoms with Gasteiger partial charge in [0.05, 0.1) is 17.9 Å². The zero-order chi connectivity index (χ0) is 23.2. The lowest BCUT2D eigenvalue weighted by Crippen LogP contribution is -2.47. The van der Waals surface area contributed by atoms with Gasteiger partial charge < -0.3 is 19.3 Å². The second kappa shape index (κ2) is 11.2. The number of unbranched alkanes of at least 4 members (excludes halogenated alkanes) is 1. The Hall–Kier alpha value is -2.32. The van der Waals surface area contributed by atoms with Crippen LogP contribution < -0.4 is 9.64 Å². The second-order valence-electron chi connectivity index (χ2n) is 8.11. The number of fused-ring (bicyclic) bond motifs is 1. The van der Waals surface area contributed by atoms with Crippen molar-refractivity contribution in [2.24, 2.45) is 0 Å². The van der Waals surface area contributed by atoms with E-state index in [2.05, 4.69) is 14.8 Å². The van der Waals surface area contributed by atoms with E-state index >= 15 is 0 Å². The predicted molar refractivity (Wildman–Crippen MR) is 130 cm³/mol. The summed E-state index contributed by atoms with van der Waals surface area (Å²) in [5.41, 5.74) is 1.17. The maximum atomic E-state index is 13.2. The average Bonchev–Trinajstić information content (AvgIpc) is 2.94. The Morgan fingerprint density at radius 2 is 1.85 bits per heavy atom. The minimum atomic E-state index is -0.115. The number of piperazine rings is 1. The van der Waals surface area contributed by atoms with Crippen molar-refractivity contribution in [3.8, 4) is 5.75 Å². The van der Waals surface area contributed by atoms with Crippen LogP contribution in [0, 0.1) is 0 Å². The van der Waals surface area contributed by atoms with E-state index in [1.54, 1.807) is 42.5 Å². The number of hydrogen-bond acceptors (Lipinski definition) is 6. The standard InChI is InChI=1S/C24H28Cl2N4O3/c1-32-16-19-17-33-21-8-7-18(25)15-20(21)24(31)30(19)10-3-2-9-28-11-13-29(14-12-28)23-6-4-5-22(26)27-23/h4-8,15,17H,2-3,9-14,16H2,1H3. The first kappa shape index (κ1) is 23.8. The number of halogens is 2. The van der Waals surface area contributed by atoms with Crippen LogP contribution in [0.2, 0.25) is 10.2 Å². The summed E-state index contributed by atoms with van der Waals surface area (Å²) >= 11 is 12.1. The molecular formula is C24H28Cl2N4O3. The van der Waals surface area contributed by atoms with Gasteiger partial charge in [-0.25, -0.2) is 4.98 Å². The number of benzene rings is 1. The van der Waals surface area contributed by atoms with E-state index in [4.69, 9.17) is 32.7 Å².